The number of furan rings is 1. The van der Waals surface area contributed by atoms with Gasteiger partial charge in [-0.05, 0) is 55.8 Å². The van der Waals surface area contributed by atoms with Gasteiger partial charge in [0, 0.05) is 24.2 Å². The number of ketones is 1. The van der Waals surface area contributed by atoms with Crippen molar-refractivity contribution in [3.05, 3.63) is 83.8 Å². The summed E-state index contributed by atoms with van der Waals surface area (Å²) < 4.78 is 17.2. The van der Waals surface area contributed by atoms with Gasteiger partial charge in [-0.1, -0.05) is 25.1 Å². The van der Waals surface area contributed by atoms with Crippen molar-refractivity contribution in [2.24, 2.45) is 0 Å². The van der Waals surface area contributed by atoms with Gasteiger partial charge in [0.2, 0.25) is 0 Å². The molecule has 6 heteroatoms. The van der Waals surface area contributed by atoms with Crippen LogP contribution >= 0.6 is 0 Å². The van der Waals surface area contributed by atoms with Gasteiger partial charge in [0.25, 0.3) is 0 Å². The van der Waals surface area contributed by atoms with Gasteiger partial charge in [-0.3, -0.25) is 9.69 Å². The Bertz CT molecular complexity index is 953. The second kappa shape index (κ2) is 12.1. The fourth-order valence-corrected chi connectivity index (χ4v) is 3.37. The molecule has 1 heterocycles. The molecular formula is C26H31NO5. The number of benzene rings is 2. The van der Waals surface area contributed by atoms with Crippen LogP contribution < -0.4 is 9.47 Å². The van der Waals surface area contributed by atoms with Gasteiger partial charge in [-0.15, -0.1) is 0 Å². The number of aliphatic hydroxyl groups excluding tert-OH is 1. The number of Topliss-reactive ketones (excluding diaryl/α,β-unsaturated/α-hetero) is 1. The molecule has 2 aromatic carbocycles. The van der Waals surface area contributed by atoms with Crippen molar-refractivity contribution in [3.8, 4) is 11.5 Å². The highest BCUT2D eigenvalue weighted by Crippen LogP contribution is 2.22. The lowest BCUT2D eigenvalue weighted by atomic mass is 10.1. The van der Waals surface area contributed by atoms with Gasteiger partial charge < -0.3 is 19.0 Å². The van der Waals surface area contributed by atoms with E-state index in [2.05, 4.69) is 11.8 Å². The maximum absolute atomic E-state index is 11.4. The quantitative estimate of drug-likeness (QED) is 0.390. The van der Waals surface area contributed by atoms with E-state index < -0.39 is 6.10 Å². The zero-order valence-electron chi connectivity index (χ0n) is 18.7. The Hall–Kier alpha value is -3.09. The largest absolute Gasteiger partial charge is 0.493 e. The van der Waals surface area contributed by atoms with Gasteiger partial charge in [0.1, 0.15) is 30.0 Å². The maximum Gasteiger partial charge on any atom is 0.159 e. The molecular weight excluding hydrogens is 406 g/mol. The SMILES string of the molecule is CCCOc1ccccc1CN(Cc1ccco1)CC(O)COc1ccc(C(C)=O)cc1. The zero-order chi connectivity index (χ0) is 22.8. The Morgan fingerprint density at radius 3 is 2.50 bits per heavy atom. The van der Waals surface area contributed by atoms with Crippen LogP contribution in [0.1, 0.15) is 41.9 Å². The maximum atomic E-state index is 11.4. The summed E-state index contributed by atoms with van der Waals surface area (Å²) in [5.74, 6) is 2.30. The van der Waals surface area contributed by atoms with Crippen LogP contribution in [0, 0.1) is 0 Å². The van der Waals surface area contributed by atoms with E-state index in [1.165, 1.54) is 6.92 Å². The van der Waals surface area contributed by atoms with Crippen LogP contribution in [-0.4, -0.2) is 41.7 Å². The third kappa shape index (κ3) is 7.25. The summed E-state index contributed by atoms with van der Waals surface area (Å²) in [6.07, 6.45) is 1.88. The van der Waals surface area contributed by atoms with Crippen molar-refractivity contribution in [3.63, 3.8) is 0 Å². The number of nitrogens with zero attached hydrogens (tertiary/aromatic N) is 1. The molecule has 3 rings (SSSR count). The molecule has 0 radical (unpaired) electrons. The van der Waals surface area contributed by atoms with Crippen molar-refractivity contribution in [2.45, 2.75) is 39.5 Å². The molecule has 32 heavy (non-hydrogen) atoms. The molecule has 3 aromatic rings. The van der Waals surface area contributed by atoms with E-state index in [4.69, 9.17) is 13.9 Å². The molecule has 170 valence electrons. The molecule has 1 atom stereocenters. The molecule has 0 bridgehead atoms. The minimum absolute atomic E-state index is 0.00773. The molecule has 0 fully saturated rings. The highest BCUT2D eigenvalue weighted by molar-refractivity contribution is 5.94. The lowest BCUT2D eigenvalue weighted by molar-refractivity contribution is 0.0601. The zero-order valence-corrected chi connectivity index (χ0v) is 18.7. The van der Waals surface area contributed by atoms with E-state index in [-0.39, 0.29) is 12.4 Å². The monoisotopic (exact) mass is 437 g/mol. The fraction of sp³-hybridized carbons (Fsp3) is 0.346. The Balaban J connectivity index is 1.63. The van der Waals surface area contributed by atoms with Crippen molar-refractivity contribution >= 4 is 5.78 Å². The highest BCUT2D eigenvalue weighted by atomic mass is 16.5. The number of ether oxygens (including phenoxy) is 2. The number of rotatable bonds is 13. The van der Waals surface area contributed by atoms with Crippen LogP contribution in [0.4, 0.5) is 0 Å². The van der Waals surface area contributed by atoms with Gasteiger partial charge in [-0.2, -0.15) is 0 Å². The highest BCUT2D eigenvalue weighted by Gasteiger charge is 2.17. The van der Waals surface area contributed by atoms with E-state index in [0.717, 1.165) is 23.5 Å². The van der Waals surface area contributed by atoms with Crippen LogP contribution in [0.15, 0.2) is 71.3 Å². The molecule has 0 amide bonds. The first kappa shape index (κ1) is 23.6. The average Bonchev–Trinajstić information content (AvgIpc) is 3.30. The van der Waals surface area contributed by atoms with Crippen molar-refractivity contribution in [1.82, 2.24) is 4.90 Å². The summed E-state index contributed by atoms with van der Waals surface area (Å²) in [6, 6.07) is 18.7. The molecule has 1 aromatic heterocycles. The first-order valence-corrected chi connectivity index (χ1v) is 10.9. The summed E-state index contributed by atoms with van der Waals surface area (Å²) >= 11 is 0. The lowest BCUT2D eigenvalue weighted by Gasteiger charge is -2.25. The van der Waals surface area contributed by atoms with Gasteiger partial charge in [-0.25, -0.2) is 0 Å². The smallest absolute Gasteiger partial charge is 0.159 e. The molecule has 0 spiro atoms. The summed E-state index contributed by atoms with van der Waals surface area (Å²) in [4.78, 5) is 13.5. The molecule has 0 saturated heterocycles. The van der Waals surface area contributed by atoms with Crippen LogP contribution in [0.3, 0.4) is 0 Å². The van der Waals surface area contributed by atoms with Gasteiger partial charge >= 0.3 is 0 Å². The van der Waals surface area contributed by atoms with E-state index >= 15 is 0 Å². The van der Waals surface area contributed by atoms with Crippen molar-refractivity contribution in [1.29, 1.82) is 0 Å². The lowest BCUT2D eigenvalue weighted by Crippen LogP contribution is -2.35. The first-order valence-electron chi connectivity index (χ1n) is 10.9. The van der Waals surface area contributed by atoms with Gasteiger partial charge in [0.05, 0.1) is 19.4 Å². The molecule has 6 nitrogen and oxygen atoms in total. The Morgan fingerprint density at radius 2 is 1.81 bits per heavy atom. The molecule has 0 aliphatic heterocycles. The Kier molecular flexibility index (Phi) is 8.90. The minimum Gasteiger partial charge on any atom is -0.493 e. The summed E-state index contributed by atoms with van der Waals surface area (Å²) in [5.41, 5.74) is 1.69. The number of hydrogen-bond acceptors (Lipinski definition) is 6. The Morgan fingerprint density at radius 1 is 1.03 bits per heavy atom. The molecule has 1 N–H and O–H groups in total. The molecule has 0 saturated carbocycles. The summed E-state index contributed by atoms with van der Waals surface area (Å²) in [5, 5.41) is 10.7. The molecule has 0 aliphatic rings. The van der Waals surface area contributed by atoms with Crippen LogP contribution in [-0.2, 0) is 13.1 Å². The molecule has 0 aliphatic carbocycles. The second-order valence-corrected chi connectivity index (χ2v) is 7.75. The van der Waals surface area contributed by atoms with Crippen molar-refractivity contribution < 1.29 is 23.8 Å². The topological polar surface area (TPSA) is 72.1 Å². The van der Waals surface area contributed by atoms with Crippen LogP contribution in [0.5, 0.6) is 11.5 Å². The standard InChI is InChI=1S/C26H31NO5/c1-3-14-31-26-9-5-4-7-22(26)16-27(18-25-8-6-15-30-25)17-23(29)19-32-24-12-10-21(11-13-24)20(2)28/h4-13,15,23,29H,3,14,16-19H2,1-2H3. The predicted octanol–water partition coefficient (Wildman–Crippen LogP) is 4.71. The number of aliphatic hydroxyl groups is 1. The third-order valence-electron chi connectivity index (χ3n) is 4.96. The summed E-state index contributed by atoms with van der Waals surface area (Å²) in [6.45, 7) is 5.96. The van der Waals surface area contributed by atoms with Crippen molar-refractivity contribution in [2.75, 3.05) is 19.8 Å². The number of hydrogen-bond donors (Lipinski definition) is 1. The number of para-hydroxylation sites is 1. The second-order valence-electron chi connectivity index (χ2n) is 7.75. The summed E-state index contributed by atoms with van der Waals surface area (Å²) in [7, 11) is 0. The number of carbonyl (C=O) groups is 1. The first-order chi connectivity index (χ1) is 15.5. The average molecular weight is 438 g/mol. The minimum atomic E-state index is -0.707. The number of carbonyl (C=O) groups excluding carboxylic acids is 1. The van der Waals surface area contributed by atoms with Crippen LogP contribution in [0.25, 0.3) is 0 Å². The van der Waals surface area contributed by atoms with Gasteiger partial charge in [0.15, 0.2) is 5.78 Å². The van der Waals surface area contributed by atoms with E-state index in [1.54, 1.807) is 30.5 Å². The molecule has 1 unspecified atom stereocenters. The fourth-order valence-electron chi connectivity index (χ4n) is 3.37. The van der Waals surface area contributed by atoms with Crippen LogP contribution in [0.2, 0.25) is 0 Å². The third-order valence-corrected chi connectivity index (χ3v) is 4.96. The predicted molar refractivity (Wildman–Crippen MR) is 123 cm³/mol. The van der Waals surface area contributed by atoms with E-state index in [9.17, 15) is 9.90 Å². The normalized spacial score (nSPS) is 12.0. The van der Waals surface area contributed by atoms with E-state index in [0.29, 0.717) is 37.6 Å². The Labute approximate surface area is 189 Å². The van der Waals surface area contributed by atoms with E-state index in [1.807, 2.05) is 36.4 Å².